The Morgan fingerprint density at radius 2 is 2.31 bits per heavy atom. The standard InChI is InChI=1S/C12H20N2OS/c1-3-8-14(4-2)12-13-9-6-5-7-10(15)11(9)16-12/h10,15H,3-8H2,1-2H3. The number of aliphatic hydroxyl groups excluding tert-OH is 1. The van der Waals surface area contributed by atoms with Crippen LogP contribution in [0.4, 0.5) is 5.13 Å². The summed E-state index contributed by atoms with van der Waals surface area (Å²) < 4.78 is 0. The third-order valence-electron chi connectivity index (χ3n) is 3.06. The van der Waals surface area contributed by atoms with Gasteiger partial charge in [0.05, 0.1) is 16.7 Å². The maximum atomic E-state index is 9.91. The zero-order valence-electron chi connectivity index (χ0n) is 10.1. The second-order valence-corrected chi connectivity index (χ2v) is 5.30. The molecule has 1 unspecified atom stereocenters. The normalized spacial score (nSPS) is 19.6. The summed E-state index contributed by atoms with van der Waals surface area (Å²) in [5.74, 6) is 0. The molecule has 2 rings (SSSR count). The lowest BCUT2D eigenvalue weighted by molar-refractivity contribution is 0.160. The molecular weight excluding hydrogens is 220 g/mol. The Morgan fingerprint density at radius 3 is 2.94 bits per heavy atom. The molecule has 0 aliphatic heterocycles. The summed E-state index contributed by atoms with van der Waals surface area (Å²) in [6, 6.07) is 0. The van der Waals surface area contributed by atoms with E-state index in [9.17, 15) is 5.11 Å². The van der Waals surface area contributed by atoms with Crippen LogP contribution in [0.2, 0.25) is 0 Å². The van der Waals surface area contributed by atoms with Gasteiger partial charge >= 0.3 is 0 Å². The quantitative estimate of drug-likeness (QED) is 0.879. The van der Waals surface area contributed by atoms with E-state index in [1.54, 1.807) is 11.3 Å². The predicted molar refractivity (Wildman–Crippen MR) is 68.2 cm³/mol. The highest BCUT2D eigenvalue weighted by Gasteiger charge is 2.23. The highest BCUT2D eigenvalue weighted by atomic mass is 32.1. The minimum absolute atomic E-state index is 0.268. The van der Waals surface area contributed by atoms with Crippen LogP contribution in [0.3, 0.4) is 0 Å². The molecule has 1 aliphatic carbocycles. The molecule has 1 aromatic heterocycles. The molecule has 16 heavy (non-hydrogen) atoms. The monoisotopic (exact) mass is 240 g/mol. The molecule has 1 aromatic rings. The second-order valence-electron chi connectivity index (χ2n) is 4.30. The van der Waals surface area contributed by atoms with Crippen molar-refractivity contribution in [1.82, 2.24) is 4.98 Å². The van der Waals surface area contributed by atoms with E-state index in [0.717, 1.165) is 54.5 Å². The number of nitrogens with zero attached hydrogens (tertiary/aromatic N) is 2. The lowest BCUT2D eigenvalue weighted by Crippen LogP contribution is -2.23. The summed E-state index contributed by atoms with van der Waals surface area (Å²) in [4.78, 5) is 8.08. The Kier molecular flexibility index (Phi) is 3.82. The molecular formula is C12H20N2OS. The average Bonchev–Trinajstić information content (AvgIpc) is 2.71. The lowest BCUT2D eigenvalue weighted by Gasteiger charge is -2.18. The molecule has 0 aromatic carbocycles. The largest absolute Gasteiger partial charge is 0.388 e. The fourth-order valence-corrected chi connectivity index (χ4v) is 3.40. The third-order valence-corrected chi connectivity index (χ3v) is 4.32. The molecule has 0 saturated heterocycles. The summed E-state index contributed by atoms with van der Waals surface area (Å²) in [5.41, 5.74) is 1.13. The summed E-state index contributed by atoms with van der Waals surface area (Å²) >= 11 is 1.68. The molecule has 1 heterocycles. The van der Waals surface area contributed by atoms with Crippen molar-refractivity contribution in [2.24, 2.45) is 0 Å². The number of rotatable bonds is 4. The van der Waals surface area contributed by atoms with Gasteiger partial charge < -0.3 is 10.0 Å². The van der Waals surface area contributed by atoms with Gasteiger partial charge in [0.15, 0.2) is 5.13 Å². The Hall–Kier alpha value is -0.610. The van der Waals surface area contributed by atoms with E-state index >= 15 is 0 Å². The Balaban J connectivity index is 2.22. The summed E-state index contributed by atoms with van der Waals surface area (Å²) in [6.07, 6.45) is 3.87. The summed E-state index contributed by atoms with van der Waals surface area (Å²) in [5, 5.41) is 11.0. The van der Waals surface area contributed by atoms with Crippen molar-refractivity contribution in [3.8, 4) is 0 Å². The number of hydrogen-bond acceptors (Lipinski definition) is 4. The Labute approximate surface area is 101 Å². The van der Waals surface area contributed by atoms with Gasteiger partial charge in [-0.05, 0) is 32.6 Å². The topological polar surface area (TPSA) is 36.4 Å². The van der Waals surface area contributed by atoms with Gasteiger partial charge in [-0.2, -0.15) is 0 Å². The van der Waals surface area contributed by atoms with Crippen LogP contribution >= 0.6 is 11.3 Å². The molecule has 0 spiro atoms. The van der Waals surface area contributed by atoms with E-state index in [0.29, 0.717) is 0 Å². The Morgan fingerprint density at radius 1 is 1.50 bits per heavy atom. The summed E-state index contributed by atoms with van der Waals surface area (Å²) in [7, 11) is 0. The first-order chi connectivity index (χ1) is 7.76. The molecule has 1 N–H and O–H groups in total. The Bertz CT molecular complexity index is 351. The molecule has 1 aliphatic rings. The fraction of sp³-hybridized carbons (Fsp3) is 0.750. The molecule has 90 valence electrons. The first-order valence-corrected chi connectivity index (χ1v) is 7.00. The fourth-order valence-electron chi connectivity index (χ4n) is 2.18. The van der Waals surface area contributed by atoms with Crippen molar-refractivity contribution in [2.45, 2.75) is 45.6 Å². The average molecular weight is 240 g/mol. The van der Waals surface area contributed by atoms with E-state index in [1.165, 1.54) is 0 Å². The third kappa shape index (κ3) is 2.23. The van der Waals surface area contributed by atoms with Crippen LogP contribution in [0, 0.1) is 0 Å². The smallest absolute Gasteiger partial charge is 0.185 e. The van der Waals surface area contributed by atoms with E-state index in [1.807, 2.05) is 0 Å². The SMILES string of the molecule is CCCN(CC)c1nc2c(s1)C(O)CCC2. The van der Waals surface area contributed by atoms with Crippen molar-refractivity contribution in [2.75, 3.05) is 18.0 Å². The van der Waals surface area contributed by atoms with Crippen LogP contribution in [0.5, 0.6) is 0 Å². The molecule has 3 nitrogen and oxygen atoms in total. The maximum absolute atomic E-state index is 9.91. The van der Waals surface area contributed by atoms with E-state index < -0.39 is 0 Å². The highest BCUT2D eigenvalue weighted by molar-refractivity contribution is 7.15. The van der Waals surface area contributed by atoms with Gasteiger partial charge in [0.25, 0.3) is 0 Å². The first-order valence-electron chi connectivity index (χ1n) is 6.18. The van der Waals surface area contributed by atoms with E-state index in [4.69, 9.17) is 0 Å². The zero-order chi connectivity index (χ0) is 11.5. The van der Waals surface area contributed by atoms with Gasteiger partial charge in [-0.3, -0.25) is 0 Å². The van der Waals surface area contributed by atoms with Gasteiger partial charge in [-0.1, -0.05) is 18.3 Å². The molecule has 0 fully saturated rings. The molecule has 0 amide bonds. The van der Waals surface area contributed by atoms with Gasteiger partial charge in [0, 0.05) is 13.1 Å². The summed E-state index contributed by atoms with van der Waals surface area (Å²) in [6.45, 7) is 6.40. The van der Waals surface area contributed by atoms with Crippen molar-refractivity contribution >= 4 is 16.5 Å². The number of anilines is 1. The highest BCUT2D eigenvalue weighted by Crippen LogP contribution is 2.37. The number of aromatic nitrogens is 1. The van der Waals surface area contributed by atoms with Crippen LogP contribution < -0.4 is 4.90 Å². The number of aliphatic hydroxyl groups is 1. The van der Waals surface area contributed by atoms with E-state index in [2.05, 4.69) is 23.7 Å². The second kappa shape index (κ2) is 5.15. The van der Waals surface area contributed by atoms with Crippen LogP contribution in [0.1, 0.15) is 49.8 Å². The van der Waals surface area contributed by atoms with Crippen LogP contribution in [0.15, 0.2) is 0 Å². The minimum atomic E-state index is -0.268. The number of fused-ring (bicyclic) bond motifs is 1. The van der Waals surface area contributed by atoms with Gasteiger partial charge in [0.1, 0.15) is 0 Å². The predicted octanol–water partition coefficient (Wildman–Crippen LogP) is 2.75. The van der Waals surface area contributed by atoms with Crippen LogP contribution in [-0.2, 0) is 6.42 Å². The van der Waals surface area contributed by atoms with Crippen molar-refractivity contribution in [3.05, 3.63) is 10.6 Å². The van der Waals surface area contributed by atoms with Gasteiger partial charge in [0.2, 0.25) is 0 Å². The number of aryl methyl sites for hydroxylation is 1. The lowest BCUT2D eigenvalue weighted by atomic mass is 10.0. The number of hydrogen-bond donors (Lipinski definition) is 1. The van der Waals surface area contributed by atoms with Crippen molar-refractivity contribution in [3.63, 3.8) is 0 Å². The van der Waals surface area contributed by atoms with E-state index in [-0.39, 0.29) is 6.10 Å². The van der Waals surface area contributed by atoms with Gasteiger partial charge in [-0.15, -0.1) is 0 Å². The molecule has 1 atom stereocenters. The maximum Gasteiger partial charge on any atom is 0.185 e. The van der Waals surface area contributed by atoms with Gasteiger partial charge in [-0.25, -0.2) is 4.98 Å². The molecule has 0 saturated carbocycles. The first kappa shape index (κ1) is 11.9. The minimum Gasteiger partial charge on any atom is -0.388 e. The molecule has 0 radical (unpaired) electrons. The van der Waals surface area contributed by atoms with Crippen molar-refractivity contribution in [1.29, 1.82) is 0 Å². The molecule has 0 bridgehead atoms. The zero-order valence-corrected chi connectivity index (χ0v) is 10.9. The number of thiazole rings is 1. The molecule has 4 heteroatoms. The van der Waals surface area contributed by atoms with Crippen molar-refractivity contribution < 1.29 is 5.11 Å². The van der Waals surface area contributed by atoms with Crippen LogP contribution in [0.25, 0.3) is 0 Å². The van der Waals surface area contributed by atoms with Crippen LogP contribution in [-0.4, -0.2) is 23.2 Å².